The quantitative estimate of drug-likeness (QED) is 0.603. The molecule has 1 atom stereocenters. The lowest BCUT2D eigenvalue weighted by molar-refractivity contribution is -0.161. The molecule has 1 unspecified atom stereocenters. The molecule has 3 aromatic rings. The topological polar surface area (TPSA) is 64.4 Å². The smallest absolute Gasteiger partial charge is 0.327 e. The van der Waals surface area contributed by atoms with Crippen LogP contribution in [0.15, 0.2) is 54.6 Å². The van der Waals surface area contributed by atoms with Crippen LogP contribution in [0.1, 0.15) is 37.3 Å². The molecule has 1 fully saturated rings. The summed E-state index contributed by atoms with van der Waals surface area (Å²) >= 11 is 0. The van der Waals surface area contributed by atoms with E-state index < -0.39 is 12.1 Å². The van der Waals surface area contributed by atoms with Gasteiger partial charge in [0.2, 0.25) is 6.10 Å². The molecule has 1 saturated heterocycles. The molecule has 0 spiro atoms. The van der Waals surface area contributed by atoms with Gasteiger partial charge in [-0.05, 0) is 25.0 Å². The maximum atomic E-state index is 13.0. The first kappa shape index (κ1) is 19.2. The number of hydrogen-bond acceptors (Lipinski definition) is 4. The molecule has 0 N–H and O–H groups in total. The minimum Gasteiger partial charge on any atom is -0.446 e. The lowest BCUT2D eigenvalue weighted by Gasteiger charge is -2.23. The van der Waals surface area contributed by atoms with Crippen LogP contribution < -0.4 is 0 Å². The maximum absolute atomic E-state index is 13.0. The molecule has 1 amide bonds. The molecule has 2 aromatic carbocycles. The highest BCUT2D eigenvalue weighted by Crippen LogP contribution is 2.24. The number of likely N-dealkylation sites (tertiary alicyclic amines) is 1. The van der Waals surface area contributed by atoms with Gasteiger partial charge in [-0.3, -0.25) is 9.59 Å². The van der Waals surface area contributed by atoms with Crippen LogP contribution in [0.25, 0.3) is 11.0 Å². The van der Waals surface area contributed by atoms with Crippen LogP contribution in [0, 0.1) is 0 Å². The molecule has 29 heavy (non-hydrogen) atoms. The number of imidazole rings is 1. The van der Waals surface area contributed by atoms with Gasteiger partial charge in [0.05, 0.1) is 11.0 Å². The zero-order chi connectivity index (χ0) is 20.2. The number of aryl methyl sites for hydroxylation is 1. The Hall–Kier alpha value is -3.15. The Morgan fingerprint density at radius 3 is 2.45 bits per heavy atom. The molecule has 1 aromatic heterocycles. The number of fused-ring (bicyclic) bond motifs is 1. The van der Waals surface area contributed by atoms with Crippen molar-refractivity contribution in [1.82, 2.24) is 14.5 Å². The average molecular weight is 391 g/mol. The van der Waals surface area contributed by atoms with E-state index in [1.807, 2.05) is 66.1 Å². The lowest BCUT2D eigenvalue weighted by Crippen LogP contribution is -2.35. The first-order valence-electron chi connectivity index (χ1n) is 10.1. The van der Waals surface area contributed by atoms with E-state index in [1.165, 1.54) is 0 Å². The van der Waals surface area contributed by atoms with Crippen LogP contribution in [0.4, 0.5) is 0 Å². The van der Waals surface area contributed by atoms with E-state index in [1.54, 1.807) is 4.90 Å². The van der Waals surface area contributed by atoms with Crippen LogP contribution in [-0.4, -0.2) is 39.4 Å². The first-order chi connectivity index (χ1) is 14.2. The lowest BCUT2D eigenvalue weighted by atomic mass is 10.1. The standard InChI is InChI=1S/C23H25N3O3/c1-2-20-24-18-12-6-7-13-19(18)26(20)16-21(27)29-22(17-10-4-3-5-11-17)23(28)25-14-8-9-15-25/h3-7,10-13,22H,2,8-9,14-16H2,1H3. The predicted octanol–water partition coefficient (Wildman–Crippen LogP) is 3.51. The van der Waals surface area contributed by atoms with E-state index in [0.29, 0.717) is 25.1 Å². The monoisotopic (exact) mass is 391 g/mol. The number of esters is 1. The van der Waals surface area contributed by atoms with Crippen LogP contribution in [0.5, 0.6) is 0 Å². The zero-order valence-corrected chi connectivity index (χ0v) is 16.6. The highest BCUT2D eigenvalue weighted by atomic mass is 16.5. The fourth-order valence-corrected chi connectivity index (χ4v) is 3.86. The third kappa shape index (κ3) is 4.01. The number of benzene rings is 2. The molecule has 0 radical (unpaired) electrons. The summed E-state index contributed by atoms with van der Waals surface area (Å²) in [6.45, 7) is 3.46. The zero-order valence-electron chi connectivity index (χ0n) is 16.6. The van der Waals surface area contributed by atoms with Gasteiger partial charge in [-0.25, -0.2) is 4.98 Å². The molecule has 0 saturated carbocycles. The Kier molecular flexibility index (Phi) is 5.60. The molecule has 6 nitrogen and oxygen atoms in total. The second kappa shape index (κ2) is 8.47. The molecule has 2 heterocycles. The van der Waals surface area contributed by atoms with Crippen molar-refractivity contribution < 1.29 is 14.3 Å². The third-order valence-electron chi connectivity index (χ3n) is 5.33. The van der Waals surface area contributed by atoms with Crippen molar-refractivity contribution in [1.29, 1.82) is 0 Å². The van der Waals surface area contributed by atoms with E-state index in [9.17, 15) is 9.59 Å². The van der Waals surface area contributed by atoms with Gasteiger partial charge < -0.3 is 14.2 Å². The summed E-state index contributed by atoms with van der Waals surface area (Å²) in [5.74, 6) is 0.239. The molecule has 1 aliphatic rings. The number of hydrogen-bond donors (Lipinski definition) is 0. The van der Waals surface area contributed by atoms with Crippen LogP contribution in [-0.2, 0) is 27.3 Å². The minimum atomic E-state index is -0.915. The molecule has 150 valence electrons. The first-order valence-corrected chi connectivity index (χ1v) is 10.1. The van der Waals surface area contributed by atoms with Crippen LogP contribution in [0.3, 0.4) is 0 Å². The van der Waals surface area contributed by atoms with E-state index in [-0.39, 0.29) is 12.5 Å². The highest BCUT2D eigenvalue weighted by Gasteiger charge is 2.31. The number of ether oxygens (including phenoxy) is 1. The largest absolute Gasteiger partial charge is 0.446 e. The summed E-state index contributed by atoms with van der Waals surface area (Å²) in [7, 11) is 0. The minimum absolute atomic E-state index is 0.0281. The van der Waals surface area contributed by atoms with Gasteiger partial charge in [0.1, 0.15) is 12.4 Å². The molecule has 1 aliphatic heterocycles. The fourth-order valence-electron chi connectivity index (χ4n) is 3.86. The van der Waals surface area contributed by atoms with Gasteiger partial charge in [0, 0.05) is 25.1 Å². The Morgan fingerprint density at radius 2 is 1.72 bits per heavy atom. The summed E-state index contributed by atoms with van der Waals surface area (Å²) in [5, 5.41) is 0. The van der Waals surface area contributed by atoms with Crippen molar-refractivity contribution >= 4 is 22.9 Å². The molecule has 0 bridgehead atoms. The number of nitrogens with zero attached hydrogens (tertiary/aromatic N) is 3. The van der Waals surface area contributed by atoms with E-state index in [0.717, 1.165) is 29.7 Å². The summed E-state index contributed by atoms with van der Waals surface area (Å²) in [6.07, 6.45) is 1.77. The van der Waals surface area contributed by atoms with Gasteiger partial charge in [-0.15, -0.1) is 0 Å². The Balaban J connectivity index is 1.58. The van der Waals surface area contributed by atoms with Gasteiger partial charge in [-0.2, -0.15) is 0 Å². The summed E-state index contributed by atoms with van der Waals surface area (Å²) in [6, 6.07) is 17.0. The number of aromatic nitrogens is 2. The van der Waals surface area contributed by atoms with Crippen LogP contribution in [0.2, 0.25) is 0 Å². The summed E-state index contributed by atoms with van der Waals surface area (Å²) < 4.78 is 7.63. The molecule has 6 heteroatoms. The Bertz CT molecular complexity index is 1010. The number of carbonyl (C=O) groups is 2. The fraction of sp³-hybridized carbons (Fsp3) is 0.348. The predicted molar refractivity (Wildman–Crippen MR) is 110 cm³/mol. The molecule has 4 rings (SSSR count). The van der Waals surface area contributed by atoms with Crippen molar-refractivity contribution in [3.05, 3.63) is 66.0 Å². The van der Waals surface area contributed by atoms with Gasteiger partial charge in [-0.1, -0.05) is 49.4 Å². The molecule has 0 aliphatic carbocycles. The van der Waals surface area contributed by atoms with Crippen molar-refractivity contribution in [2.45, 2.75) is 38.8 Å². The van der Waals surface area contributed by atoms with Crippen molar-refractivity contribution in [2.24, 2.45) is 0 Å². The number of rotatable bonds is 6. The summed E-state index contributed by atoms with van der Waals surface area (Å²) in [4.78, 5) is 32.3. The SMILES string of the molecule is CCc1nc2ccccc2n1CC(=O)OC(C(=O)N1CCCC1)c1ccccc1. The van der Waals surface area contributed by atoms with Crippen molar-refractivity contribution in [3.8, 4) is 0 Å². The van der Waals surface area contributed by atoms with Crippen molar-refractivity contribution in [3.63, 3.8) is 0 Å². The number of para-hydroxylation sites is 2. The van der Waals surface area contributed by atoms with E-state index in [2.05, 4.69) is 4.98 Å². The summed E-state index contributed by atoms with van der Waals surface area (Å²) in [5.41, 5.74) is 2.44. The van der Waals surface area contributed by atoms with Crippen molar-refractivity contribution in [2.75, 3.05) is 13.1 Å². The molecular formula is C23H25N3O3. The van der Waals surface area contributed by atoms with Gasteiger partial charge in [0.15, 0.2) is 0 Å². The van der Waals surface area contributed by atoms with Crippen LogP contribution >= 0.6 is 0 Å². The Labute approximate surface area is 170 Å². The number of carbonyl (C=O) groups excluding carboxylic acids is 2. The average Bonchev–Trinajstić information content (AvgIpc) is 3.41. The van der Waals surface area contributed by atoms with Gasteiger partial charge in [0.25, 0.3) is 5.91 Å². The maximum Gasteiger partial charge on any atom is 0.327 e. The van der Waals surface area contributed by atoms with E-state index >= 15 is 0 Å². The van der Waals surface area contributed by atoms with Gasteiger partial charge >= 0.3 is 5.97 Å². The van der Waals surface area contributed by atoms with E-state index in [4.69, 9.17) is 4.74 Å². The number of amides is 1. The normalized spacial score (nSPS) is 14.9. The Morgan fingerprint density at radius 1 is 1.03 bits per heavy atom. The third-order valence-corrected chi connectivity index (χ3v) is 5.33. The molecular weight excluding hydrogens is 366 g/mol. The second-order valence-corrected chi connectivity index (χ2v) is 7.27. The second-order valence-electron chi connectivity index (χ2n) is 7.27. The highest BCUT2D eigenvalue weighted by molar-refractivity contribution is 5.86.